The fraction of sp³-hybridized carbons (Fsp3) is 0.920. The highest BCUT2D eigenvalue weighted by atomic mass is 16.4. The zero-order chi connectivity index (χ0) is 22.1. The molecular formula is C25H48O4. The highest BCUT2D eigenvalue weighted by molar-refractivity contribution is 6.01. The van der Waals surface area contributed by atoms with E-state index < -0.39 is 11.4 Å². The Balaban J connectivity index is 4.57. The highest BCUT2D eigenvalue weighted by Crippen LogP contribution is 2.31. The van der Waals surface area contributed by atoms with Crippen molar-refractivity contribution >= 4 is 11.8 Å². The fourth-order valence-corrected chi connectivity index (χ4v) is 3.99. The molecule has 3 unspecified atom stereocenters. The number of ketones is 1. The minimum Gasteiger partial charge on any atom is -0.481 e. The molecule has 0 fully saturated rings. The smallest absolute Gasteiger partial charge is 0.316 e. The quantitative estimate of drug-likeness (QED) is 0.168. The van der Waals surface area contributed by atoms with Gasteiger partial charge in [-0.15, -0.1) is 0 Å². The zero-order valence-corrected chi connectivity index (χ0v) is 19.7. The number of aliphatic hydroxyl groups is 1. The van der Waals surface area contributed by atoms with E-state index in [1.54, 1.807) is 0 Å². The number of Topliss-reactive ketones (excluding diaryl/α,β-unsaturated/α-hetero) is 1. The second kappa shape index (κ2) is 16.8. The molecule has 0 saturated heterocycles. The molecule has 0 amide bonds. The third-order valence-electron chi connectivity index (χ3n) is 6.59. The molecule has 0 bridgehead atoms. The zero-order valence-electron chi connectivity index (χ0n) is 19.7. The first-order valence-corrected chi connectivity index (χ1v) is 12.2. The van der Waals surface area contributed by atoms with Crippen LogP contribution in [0.15, 0.2) is 0 Å². The predicted molar refractivity (Wildman–Crippen MR) is 121 cm³/mol. The van der Waals surface area contributed by atoms with Crippen molar-refractivity contribution in [3.8, 4) is 0 Å². The minimum absolute atomic E-state index is 0.0924. The number of unbranched alkanes of at least 4 members (excludes halogenated alkanes) is 10. The normalized spacial score (nSPS) is 15.6. The summed E-state index contributed by atoms with van der Waals surface area (Å²) in [4.78, 5) is 23.5. The Bertz CT molecular complexity index is 419. The van der Waals surface area contributed by atoms with E-state index in [1.165, 1.54) is 65.2 Å². The Morgan fingerprint density at radius 1 is 0.759 bits per heavy atom. The molecule has 0 aromatic carbocycles. The molecule has 4 heteroatoms. The van der Waals surface area contributed by atoms with E-state index in [0.717, 1.165) is 38.5 Å². The molecule has 2 N–H and O–H groups in total. The summed E-state index contributed by atoms with van der Waals surface area (Å²) in [5.74, 6) is -1.25. The van der Waals surface area contributed by atoms with Crippen LogP contribution < -0.4 is 0 Å². The van der Waals surface area contributed by atoms with E-state index in [-0.39, 0.29) is 17.8 Å². The third-order valence-corrected chi connectivity index (χ3v) is 6.59. The summed E-state index contributed by atoms with van der Waals surface area (Å²) in [7, 11) is 0. The maximum atomic E-state index is 11.9. The number of carboxylic acids is 1. The standard InChI is InChI=1S/C25H48O4/c1-5-7-9-11-12-14-16-18-23(27)22(17-15-13-10-8-6-2)19-20-25(4,21(3)26)24(28)29/h22-23,27H,5-20H2,1-4H3,(H,28,29). The summed E-state index contributed by atoms with van der Waals surface area (Å²) in [6.45, 7) is 7.31. The number of hydrogen-bond acceptors (Lipinski definition) is 3. The van der Waals surface area contributed by atoms with Crippen molar-refractivity contribution in [2.24, 2.45) is 11.3 Å². The minimum atomic E-state index is -1.33. The van der Waals surface area contributed by atoms with Gasteiger partial charge in [0.2, 0.25) is 0 Å². The number of carbonyl (C=O) groups excluding carboxylic acids is 1. The van der Waals surface area contributed by atoms with Gasteiger partial charge in [-0.2, -0.15) is 0 Å². The van der Waals surface area contributed by atoms with E-state index in [0.29, 0.717) is 12.8 Å². The van der Waals surface area contributed by atoms with Crippen LogP contribution in [0.2, 0.25) is 0 Å². The van der Waals surface area contributed by atoms with Gasteiger partial charge < -0.3 is 10.2 Å². The lowest BCUT2D eigenvalue weighted by molar-refractivity contribution is -0.154. The maximum absolute atomic E-state index is 11.9. The first-order valence-electron chi connectivity index (χ1n) is 12.2. The Labute approximate surface area is 179 Å². The van der Waals surface area contributed by atoms with Crippen molar-refractivity contribution < 1.29 is 19.8 Å². The molecule has 3 atom stereocenters. The van der Waals surface area contributed by atoms with Gasteiger partial charge in [0.1, 0.15) is 11.2 Å². The molecule has 0 radical (unpaired) electrons. The lowest BCUT2D eigenvalue weighted by Crippen LogP contribution is -2.36. The van der Waals surface area contributed by atoms with Crippen molar-refractivity contribution in [1.29, 1.82) is 0 Å². The van der Waals surface area contributed by atoms with E-state index in [2.05, 4.69) is 13.8 Å². The lowest BCUT2D eigenvalue weighted by atomic mass is 9.77. The topological polar surface area (TPSA) is 74.6 Å². The number of hydrogen-bond donors (Lipinski definition) is 2. The molecule has 0 aliphatic carbocycles. The van der Waals surface area contributed by atoms with Gasteiger partial charge in [0.25, 0.3) is 0 Å². The average Bonchev–Trinajstić information content (AvgIpc) is 2.68. The van der Waals surface area contributed by atoms with Gasteiger partial charge in [0, 0.05) is 0 Å². The Hall–Kier alpha value is -0.900. The molecule has 0 spiro atoms. The molecule has 29 heavy (non-hydrogen) atoms. The maximum Gasteiger partial charge on any atom is 0.316 e. The van der Waals surface area contributed by atoms with Crippen LogP contribution in [0.25, 0.3) is 0 Å². The van der Waals surface area contributed by atoms with Gasteiger partial charge in [-0.3, -0.25) is 9.59 Å². The fourth-order valence-electron chi connectivity index (χ4n) is 3.99. The first kappa shape index (κ1) is 28.1. The number of carboxylic acid groups (broad SMARTS) is 1. The van der Waals surface area contributed by atoms with Crippen LogP contribution in [0.1, 0.15) is 130 Å². The molecule has 0 heterocycles. The van der Waals surface area contributed by atoms with Crippen LogP contribution >= 0.6 is 0 Å². The third kappa shape index (κ3) is 12.4. The average molecular weight is 413 g/mol. The molecule has 0 aliphatic rings. The summed E-state index contributed by atoms with van der Waals surface area (Å²) in [6, 6.07) is 0. The number of aliphatic hydroxyl groups excluding tert-OH is 1. The van der Waals surface area contributed by atoms with Crippen molar-refractivity contribution in [3.05, 3.63) is 0 Å². The van der Waals surface area contributed by atoms with Crippen LogP contribution in [0.4, 0.5) is 0 Å². The van der Waals surface area contributed by atoms with Crippen LogP contribution in [0.5, 0.6) is 0 Å². The van der Waals surface area contributed by atoms with Crippen molar-refractivity contribution in [1.82, 2.24) is 0 Å². The number of rotatable bonds is 20. The summed E-state index contributed by atoms with van der Waals surface area (Å²) in [5.41, 5.74) is -1.33. The van der Waals surface area contributed by atoms with Gasteiger partial charge in [0.05, 0.1) is 6.10 Å². The molecule has 172 valence electrons. The van der Waals surface area contributed by atoms with Crippen LogP contribution in [-0.2, 0) is 9.59 Å². The van der Waals surface area contributed by atoms with E-state index in [9.17, 15) is 19.8 Å². The number of carbonyl (C=O) groups is 2. The van der Waals surface area contributed by atoms with Gasteiger partial charge in [0.15, 0.2) is 0 Å². The van der Waals surface area contributed by atoms with Crippen molar-refractivity contribution in [2.45, 2.75) is 137 Å². The van der Waals surface area contributed by atoms with E-state index in [4.69, 9.17) is 0 Å². The molecule has 0 saturated carbocycles. The SMILES string of the molecule is CCCCCCCCCC(O)C(CCCCCCC)CCC(C)(C(C)=O)C(=O)O. The second-order valence-corrected chi connectivity index (χ2v) is 9.17. The summed E-state index contributed by atoms with van der Waals surface area (Å²) in [6.07, 6.45) is 16.7. The monoisotopic (exact) mass is 412 g/mol. The molecule has 0 aromatic rings. The summed E-state index contributed by atoms with van der Waals surface area (Å²) < 4.78 is 0. The Morgan fingerprint density at radius 3 is 1.66 bits per heavy atom. The van der Waals surface area contributed by atoms with E-state index >= 15 is 0 Å². The Kier molecular flexibility index (Phi) is 16.3. The predicted octanol–water partition coefficient (Wildman–Crippen LogP) is 6.92. The Morgan fingerprint density at radius 2 is 1.21 bits per heavy atom. The van der Waals surface area contributed by atoms with Crippen LogP contribution in [0, 0.1) is 11.3 Å². The molecule has 4 nitrogen and oxygen atoms in total. The van der Waals surface area contributed by atoms with Crippen molar-refractivity contribution in [3.63, 3.8) is 0 Å². The van der Waals surface area contributed by atoms with Gasteiger partial charge in [-0.05, 0) is 45.4 Å². The van der Waals surface area contributed by atoms with Gasteiger partial charge >= 0.3 is 5.97 Å². The highest BCUT2D eigenvalue weighted by Gasteiger charge is 2.38. The van der Waals surface area contributed by atoms with Crippen LogP contribution in [0.3, 0.4) is 0 Å². The van der Waals surface area contributed by atoms with Gasteiger partial charge in [-0.25, -0.2) is 0 Å². The molecule has 0 aromatic heterocycles. The summed E-state index contributed by atoms with van der Waals surface area (Å²) in [5, 5.41) is 20.3. The number of aliphatic carboxylic acids is 1. The largest absolute Gasteiger partial charge is 0.481 e. The first-order chi connectivity index (χ1) is 13.8. The van der Waals surface area contributed by atoms with Crippen LogP contribution in [-0.4, -0.2) is 28.1 Å². The van der Waals surface area contributed by atoms with Gasteiger partial charge in [-0.1, -0.05) is 90.9 Å². The lowest BCUT2D eigenvalue weighted by Gasteiger charge is -2.28. The molecule has 0 aliphatic heterocycles. The summed E-state index contributed by atoms with van der Waals surface area (Å²) >= 11 is 0. The molecular weight excluding hydrogens is 364 g/mol. The second-order valence-electron chi connectivity index (χ2n) is 9.17. The van der Waals surface area contributed by atoms with Crippen molar-refractivity contribution in [2.75, 3.05) is 0 Å². The molecule has 0 rings (SSSR count). The van der Waals surface area contributed by atoms with E-state index in [1.807, 2.05) is 0 Å².